The highest BCUT2D eigenvalue weighted by Gasteiger charge is 2.30. The van der Waals surface area contributed by atoms with Crippen molar-refractivity contribution in [2.24, 2.45) is 0 Å². The second-order valence-electron chi connectivity index (χ2n) is 6.70. The van der Waals surface area contributed by atoms with E-state index in [0.717, 1.165) is 23.5 Å². The van der Waals surface area contributed by atoms with Crippen molar-refractivity contribution in [2.45, 2.75) is 25.8 Å². The van der Waals surface area contributed by atoms with E-state index in [4.69, 9.17) is 0 Å². The smallest absolute Gasteiger partial charge is 0.197 e. The van der Waals surface area contributed by atoms with Gasteiger partial charge in [-0.25, -0.2) is 32.4 Å². The molecule has 7 nitrogen and oxygen atoms in total. The van der Waals surface area contributed by atoms with Crippen LogP contribution < -0.4 is 0 Å². The van der Waals surface area contributed by atoms with E-state index in [9.17, 15) is 12.8 Å². The van der Waals surface area contributed by atoms with Crippen molar-refractivity contribution in [3.05, 3.63) is 48.0 Å². The van der Waals surface area contributed by atoms with Crippen molar-refractivity contribution in [1.29, 1.82) is 0 Å². The Morgan fingerprint density at radius 3 is 2.48 bits per heavy atom. The maximum absolute atomic E-state index is 13.2. The lowest BCUT2D eigenvalue weighted by Crippen LogP contribution is -2.28. The number of sulfone groups is 1. The lowest BCUT2D eigenvalue weighted by atomic mass is 10.1. The number of halogens is 1. The zero-order chi connectivity index (χ0) is 19.0. The topological polar surface area (TPSA) is 90.6 Å². The quantitative estimate of drug-likeness (QED) is 0.686. The molecule has 0 radical (unpaired) electrons. The first-order chi connectivity index (χ1) is 12.9. The number of hydrogen-bond donors (Lipinski definition) is 0. The van der Waals surface area contributed by atoms with Crippen molar-refractivity contribution in [3.8, 4) is 23.0 Å². The van der Waals surface area contributed by atoms with Crippen LogP contribution in [0.2, 0.25) is 0 Å². The predicted molar refractivity (Wildman–Crippen MR) is 98.1 cm³/mol. The molecule has 1 aliphatic rings. The van der Waals surface area contributed by atoms with Crippen LogP contribution >= 0.6 is 0 Å². The first-order valence-electron chi connectivity index (χ1n) is 8.63. The first-order valence-corrected chi connectivity index (χ1v) is 10.5. The summed E-state index contributed by atoms with van der Waals surface area (Å²) in [6.07, 6.45) is 3.36. The molecule has 0 aliphatic carbocycles. The monoisotopic (exact) mass is 387 g/mol. The third-order valence-corrected chi connectivity index (χ3v) is 6.35. The minimum Gasteiger partial charge on any atom is -0.238 e. The van der Waals surface area contributed by atoms with Crippen LogP contribution in [0.25, 0.3) is 23.0 Å². The van der Waals surface area contributed by atoms with Gasteiger partial charge in [0.25, 0.3) is 0 Å². The molecule has 1 atom stereocenters. The fourth-order valence-electron chi connectivity index (χ4n) is 3.17. The lowest BCUT2D eigenvalue weighted by molar-refractivity contribution is 0.438. The van der Waals surface area contributed by atoms with Gasteiger partial charge < -0.3 is 0 Å². The Labute approximate surface area is 156 Å². The summed E-state index contributed by atoms with van der Waals surface area (Å²) in [5.41, 5.74) is 1.92. The van der Waals surface area contributed by atoms with Crippen molar-refractivity contribution in [3.63, 3.8) is 0 Å². The van der Waals surface area contributed by atoms with E-state index < -0.39 is 15.7 Å². The van der Waals surface area contributed by atoms with Crippen molar-refractivity contribution in [2.75, 3.05) is 11.5 Å². The summed E-state index contributed by atoms with van der Waals surface area (Å²) in [6, 6.07) is 7.37. The van der Waals surface area contributed by atoms with E-state index >= 15 is 0 Å². The van der Waals surface area contributed by atoms with Crippen LogP contribution in [0.4, 0.5) is 4.39 Å². The number of rotatable bonds is 3. The van der Waals surface area contributed by atoms with Gasteiger partial charge in [-0.05, 0) is 19.8 Å². The lowest BCUT2D eigenvalue weighted by Gasteiger charge is -2.23. The zero-order valence-corrected chi connectivity index (χ0v) is 15.5. The van der Waals surface area contributed by atoms with E-state index in [1.807, 2.05) is 31.2 Å². The molecule has 0 spiro atoms. The molecular weight excluding hydrogens is 369 g/mol. The third kappa shape index (κ3) is 3.73. The van der Waals surface area contributed by atoms with E-state index in [1.54, 1.807) is 4.68 Å². The maximum Gasteiger partial charge on any atom is 0.197 e. The van der Waals surface area contributed by atoms with E-state index in [0.29, 0.717) is 24.5 Å². The van der Waals surface area contributed by atoms with Crippen LogP contribution in [0.3, 0.4) is 0 Å². The van der Waals surface area contributed by atoms with E-state index in [1.165, 1.54) is 0 Å². The largest absolute Gasteiger partial charge is 0.238 e. The fourth-order valence-corrected chi connectivity index (χ4v) is 4.84. The average Bonchev–Trinajstić information content (AvgIpc) is 3.07. The van der Waals surface area contributed by atoms with Gasteiger partial charge in [-0.15, -0.1) is 0 Å². The molecule has 1 saturated heterocycles. The second-order valence-corrected chi connectivity index (χ2v) is 8.93. The maximum atomic E-state index is 13.2. The van der Waals surface area contributed by atoms with Gasteiger partial charge in [-0.3, -0.25) is 0 Å². The first kappa shape index (κ1) is 17.7. The fraction of sp³-hybridized carbons (Fsp3) is 0.333. The Kier molecular flexibility index (Phi) is 4.47. The molecule has 27 heavy (non-hydrogen) atoms. The molecule has 0 saturated carbocycles. The molecule has 1 aromatic carbocycles. The molecular formula is C18H18FN5O2S. The Bertz CT molecular complexity index is 1060. The molecule has 1 fully saturated rings. The summed E-state index contributed by atoms with van der Waals surface area (Å²) >= 11 is 0. The highest BCUT2D eigenvalue weighted by atomic mass is 32.2. The highest BCUT2D eigenvalue weighted by molar-refractivity contribution is 7.91. The number of nitrogens with zero attached hydrogens (tertiary/aromatic N) is 5. The zero-order valence-electron chi connectivity index (χ0n) is 14.7. The van der Waals surface area contributed by atoms with Gasteiger partial charge in [-0.1, -0.05) is 29.8 Å². The molecule has 3 heterocycles. The van der Waals surface area contributed by atoms with Crippen molar-refractivity contribution < 1.29 is 12.8 Å². The molecule has 9 heteroatoms. The van der Waals surface area contributed by atoms with Crippen molar-refractivity contribution >= 4 is 9.84 Å². The van der Waals surface area contributed by atoms with Gasteiger partial charge in [0.15, 0.2) is 33.1 Å². The van der Waals surface area contributed by atoms with Gasteiger partial charge in [0, 0.05) is 5.56 Å². The van der Waals surface area contributed by atoms with Crippen LogP contribution in [-0.4, -0.2) is 44.7 Å². The number of hydrogen-bond acceptors (Lipinski definition) is 6. The Hall–Kier alpha value is -2.68. The Morgan fingerprint density at radius 1 is 1.11 bits per heavy atom. The summed E-state index contributed by atoms with van der Waals surface area (Å²) in [4.78, 5) is 12.5. The average molecular weight is 387 g/mol. The van der Waals surface area contributed by atoms with Crippen LogP contribution in [-0.2, 0) is 9.84 Å². The highest BCUT2D eigenvalue weighted by Crippen LogP contribution is 2.29. The van der Waals surface area contributed by atoms with Crippen LogP contribution in [0.1, 0.15) is 24.4 Å². The molecule has 4 rings (SSSR count). The molecule has 140 valence electrons. The molecule has 1 unspecified atom stereocenters. The SMILES string of the molecule is Cc1ccc(-c2nc(-c3ncc(F)cn3)n(C3CCCS(=O)(=O)C3)n2)cc1. The van der Waals surface area contributed by atoms with Gasteiger partial charge in [0.1, 0.15) is 0 Å². The number of aromatic nitrogens is 5. The molecule has 2 aromatic heterocycles. The summed E-state index contributed by atoms with van der Waals surface area (Å²) in [6.45, 7) is 1.99. The van der Waals surface area contributed by atoms with Crippen molar-refractivity contribution in [1.82, 2.24) is 24.7 Å². The predicted octanol–water partition coefficient (Wildman–Crippen LogP) is 2.60. The van der Waals surface area contributed by atoms with Crippen LogP contribution in [0.5, 0.6) is 0 Å². The minimum absolute atomic E-state index is 0.00209. The van der Waals surface area contributed by atoms with Gasteiger partial charge in [0.2, 0.25) is 0 Å². The third-order valence-electron chi connectivity index (χ3n) is 4.55. The summed E-state index contributed by atoms with van der Waals surface area (Å²) in [5, 5.41) is 4.57. The van der Waals surface area contributed by atoms with Crippen LogP contribution in [0.15, 0.2) is 36.7 Å². The van der Waals surface area contributed by atoms with E-state index in [2.05, 4.69) is 20.1 Å². The normalized spacial score (nSPS) is 19.1. The Morgan fingerprint density at radius 2 is 1.81 bits per heavy atom. The van der Waals surface area contributed by atoms with Gasteiger partial charge in [0.05, 0.1) is 29.9 Å². The summed E-state index contributed by atoms with van der Waals surface area (Å²) < 4.78 is 39.0. The second kappa shape index (κ2) is 6.80. The molecule has 0 amide bonds. The summed E-state index contributed by atoms with van der Waals surface area (Å²) in [7, 11) is -3.14. The molecule has 1 aliphatic heterocycles. The van der Waals surface area contributed by atoms with Gasteiger partial charge in [-0.2, -0.15) is 5.10 Å². The standard InChI is InChI=1S/C18H18FN5O2S/c1-12-4-6-13(7-5-12)16-22-18(17-20-9-14(19)10-21-17)24(23-16)15-3-2-8-27(25,26)11-15/h4-7,9-10,15H,2-3,8,11H2,1H3. The molecule has 0 N–H and O–H groups in total. The molecule has 3 aromatic rings. The van der Waals surface area contributed by atoms with E-state index in [-0.39, 0.29) is 23.4 Å². The van der Waals surface area contributed by atoms with Crippen LogP contribution in [0, 0.1) is 12.7 Å². The minimum atomic E-state index is -3.14. The van der Waals surface area contributed by atoms with Gasteiger partial charge >= 0.3 is 0 Å². The number of benzene rings is 1. The summed E-state index contributed by atoms with van der Waals surface area (Å²) in [5.74, 6) is 0.645. The number of aryl methyl sites for hydroxylation is 1. The molecule has 0 bridgehead atoms. The Balaban J connectivity index is 1.82.